The number of aliphatic carboxylic acids is 2. The Morgan fingerprint density at radius 3 is 1.35 bits per heavy atom. The Balaban J connectivity index is 1.58. The molecule has 53 nitrogen and oxygen atoms in total. The summed E-state index contributed by atoms with van der Waals surface area (Å²) in [5, 5.41) is 192. The SMILES string of the molecule is CC[C@@H](NC(=O)[C@H](CCC(=O)NC[C@H](O)[C@@H](O)[C@H](O)[C@H](O)CO)CC(=O)CC[C@H](NC(=O)c1ccc(NCc2cnc3nc(N)[nH]c(=O)c3n2)cc1)C(=O)O)C(=O)C[C@@H](CCC(=O)NC[C@H](O)[C@@H](O)[C@H](O)[C@H](O)CO)C(=O)N[C@H](CC)C(=O)C[C@@H](CCC(=O)NC[C@H](O)[C@@H](O)[C@H](O)[C@H](O)CO)C(=O)N[C@H](CSC1CC(=O)N(CCC(=O)NCCOCCOCCOCCOCCC(C)=O)C1=O)C(=O)O. The summed E-state index contributed by atoms with van der Waals surface area (Å²) in [6.45, 7) is 0.105. The first-order valence-corrected chi connectivity index (χ1v) is 45.9. The Hall–Kier alpha value is -10.8. The number of hydrogen-bond acceptors (Lipinski definition) is 42. The van der Waals surface area contributed by atoms with E-state index in [9.17, 15) is 168 Å². The Morgan fingerprint density at radius 2 is 0.914 bits per heavy atom. The van der Waals surface area contributed by atoms with E-state index in [0.717, 1.165) is 4.90 Å². The zero-order chi connectivity index (χ0) is 104. The monoisotopic (exact) mass is 2000 g/mol. The molecule has 0 bridgehead atoms. The number of nitrogens with one attached hydrogen (secondary N) is 10. The fraction of sp³-hybridized carbons (Fsp3) is 0.671. The number of carboxylic acids is 2. The second-order valence-electron chi connectivity index (χ2n) is 32.7. The number of imide groups is 1. The first-order valence-electron chi connectivity index (χ1n) is 44.8. The van der Waals surface area contributed by atoms with Crippen LogP contribution in [0, 0.1) is 17.8 Å². The number of nitrogens with two attached hydrogens (primary N) is 1. The second-order valence-corrected chi connectivity index (χ2v) is 33.9. The summed E-state index contributed by atoms with van der Waals surface area (Å²) in [5.74, 6) is -21.7. The number of fused-ring (bicyclic) bond motifs is 1. The molecule has 10 amide bonds. The van der Waals surface area contributed by atoms with Gasteiger partial charge in [0.15, 0.2) is 22.7 Å². The number of benzene rings is 1. The molecule has 2 aromatic heterocycles. The minimum Gasteiger partial charge on any atom is -0.480 e. The van der Waals surface area contributed by atoms with Crippen molar-refractivity contribution in [1.29, 1.82) is 0 Å². The number of amides is 10. The van der Waals surface area contributed by atoms with E-state index in [-0.39, 0.29) is 100 Å². The molecule has 3 heterocycles. The van der Waals surface area contributed by atoms with Gasteiger partial charge in [0.1, 0.15) is 78.6 Å². The van der Waals surface area contributed by atoms with Gasteiger partial charge in [-0.05, 0) is 69.7 Å². The van der Waals surface area contributed by atoms with E-state index in [4.69, 9.17) is 24.7 Å². The number of aliphatic hydroxyl groups excluding tert-OH is 15. The van der Waals surface area contributed by atoms with Gasteiger partial charge in [-0.15, -0.1) is 11.8 Å². The number of aromatic nitrogens is 4. The number of aromatic amines is 1. The summed E-state index contributed by atoms with van der Waals surface area (Å²) in [6, 6.07) is -1.45. The quantitative estimate of drug-likeness (QED) is 0.0184. The highest BCUT2D eigenvalue weighted by atomic mass is 32.2. The summed E-state index contributed by atoms with van der Waals surface area (Å²) in [4.78, 5) is 245. The van der Waals surface area contributed by atoms with Gasteiger partial charge < -0.3 is 159 Å². The predicted octanol–water partition coefficient (Wildman–Crippen LogP) is -10.6. The third-order valence-electron chi connectivity index (χ3n) is 21.9. The molecule has 1 aliphatic rings. The molecule has 1 unspecified atom stereocenters. The lowest BCUT2D eigenvalue weighted by atomic mass is 9.89. The van der Waals surface area contributed by atoms with E-state index < -0.39 is 337 Å². The fourth-order valence-electron chi connectivity index (χ4n) is 13.4. The van der Waals surface area contributed by atoms with Crippen molar-refractivity contribution in [2.75, 3.05) is 122 Å². The van der Waals surface area contributed by atoms with Gasteiger partial charge in [-0.1, -0.05) is 13.8 Å². The number of aliphatic hydroxyl groups is 15. The maximum absolute atomic E-state index is 14.8. The second kappa shape index (κ2) is 63.8. The maximum atomic E-state index is 14.8. The molecular weight excluding hydrogens is 1870 g/mol. The van der Waals surface area contributed by atoms with Crippen LogP contribution in [0.4, 0.5) is 11.6 Å². The minimum absolute atomic E-state index is 0.000366. The topological polar surface area (TPSA) is 863 Å². The van der Waals surface area contributed by atoms with Gasteiger partial charge in [0.05, 0.1) is 127 Å². The van der Waals surface area contributed by atoms with Gasteiger partial charge in [0.25, 0.3) is 11.5 Å². The van der Waals surface area contributed by atoms with Crippen molar-refractivity contribution in [1.82, 2.24) is 67.4 Å². The Morgan fingerprint density at radius 1 is 0.496 bits per heavy atom. The van der Waals surface area contributed by atoms with Crippen molar-refractivity contribution in [3.8, 4) is 0 Å². The van der Waals surface area contributed by atoms with Crippen molar-refractivity contribution in [2.45, 2.75) is 233 Å². The zero-order valence-corrected chi connectivity index (χ0v) is 77.7. The number of rotatable bonds is 74. The van der Waals surface area contributed by atoms with Gasteiger partial charge in [0, 0.05) is 132 Å². The van der Waals surface area contributed by atoms with Crippen LogP contribution in [-0.2, 0) is 97.4 Å². The smallest absolute Gasteiger partial charge is 0.327 e. The van der Waals surface area contributed by atoms with Crippen LogP contribution in [0.2, 0.25) is 0 Å². The van der Waals surface area contributed by atoms with Crippen molar-refractivity contribution in [3.63, 3.8) is 0 Å². The predicted molar refractivity (Wildman–Crippen MR) is 481 cm³/mol. The highest BCUT2D eigenvalue weighted by Crippen LogP contribution is 2.28. The zero-order valence-electron chi connectivity index (χ0n) is 76.9. The molecule has 1 aliphatic heterocycles. The van der Waals surface area contributed by atoms with E-state index in [1.165, 1.54) is 51.2 Å². The average molecular weight is 2000 g/mol. The molecule has 0 radical (unpaired) electrons. The summed E-state index contributed by atoms with van der Waals surface area (Å²) >= 11 is 0.631. The number of thioether (sulfide) groups is 1. The van der Waals surface area contributed by atoms with E-state index in [1.807, 2.05) is 0 Å². The van der Waals surface area contributed by atoms with Crippen molar-refractivity contribution >= 4 is 129 Å². The molecule has 3 aromatic rings. The molecule has 0 saturated carbocycles. The third kappa shape index (κ3) is 43.4. The molecule has 139 heavy (non-hydrogen) atoms. The minimum atomic E-state index is -2.18. The number of nitrogens with zero attached hydrogens (tertiary/aromatic N) is 4. The van der Waals surface area contributed by atoms with Crippen molar-refractivity contribution < 1.29 is 182 Å². The number of hydrogen-bond donors (Lipinski definition) is 28. The number of carboxylic acid groups (broad SMARTS) is 2. The molecular formula is C85H131N15O38S. The highest BCUT2D eigenvalue weighted by molar-refractivity contribution is 8.00. The highest BCUT2D eigenvalue weighted by Gasteiger charge is 2.42. The lowest BCUT2D eigenvalue weighted by Crippen LogP contribution is -2.50. The van der Waals surface area contributed by atoms with E-state index in [2.05, 4.69) is 67.8 Å². The number of Topliss-reactive ketones (excluding diaryl/α,β-unsaturated/α-hetero) is 4. The van der Waals surface area contributed by atoms with Gasteiger partial charge in [-0.25, -0.2) is 19.6 Å². The number of ether oxygens (including phenoxy) is 4. The summed E-state index contributed by atoms with van der Waals surface area (Å²) in [5.41, 5.74) is 5.55. The lowest BCUT2D eigenvalue weighted by molar-refractivity contribution is -0.142. The van der Waals surface area contributed by atoms with E-state index >= 15 is 0 Å². The molecule has 54 heteroatoms. The van der Waals surface area contributed by atoms with E-state index in [1.54, 1.807) is 0 Å². The normalized spacial score (nSPS) is 16.8. The maximum Gasteiger partial charge on any atom is 0.327 e. The van der Waals surface area contributed by atoms with Crippen LogP contribution < -0.4 is 59.1 Å². The largest absolute Gasteiger partial charge is 0.480 e. The number of anilines is 2. The van der Waals surface area contributed by atoms with Gasteiger partial charge in [-0.3, -0.25) is 81.8 Å². The standard InChI is InChI=1S/C85H131N15O38S/c1-4-51(94-78(126)45(8-15-64(114)89-36-57(108)70(119)73(122)60(111)39-101)30-50(105)13-14-53(83(131)132)96-77(125)44-6-11-48(12-7-44)88-34-49-35-92-76-69(93-49)81(129)99-85(86)98-76)55(106)31-46(9-16-65(115)90-37-58(109)71(120)74(123)61(112)40-102)79(127)95-52(5-2)56(107)32-47(10-17-66(116)91-38-59(110)72(121)75(124)62(113)41-103)80(128)97-54(84(133)134)42-139-63-33-68(118)100(82(63)130)21-18-67(117)87-20-23-136-25-27-138-29-28-137-26-24-135-22-19-43(3)104/h6-7,11-12,35,45-47,51-54,57-63,70-75,88,101-103,108-113,119-124H,4-5,8-10,13-34,36-42H2,1-3H3,(H,87,117)(H,89,114)(H,90,115)(H,91,116)(H,94,126)(H,95,127)(H,96,125)(H,97,128)(H,131,132)(H,133,134)(H3,86,92,98,99,129)/t45-,46-,47-,51-,52-,53+,54-,57+,58+,59+,60-,61-,62-,63?,70-,71-,72-,73-,74-,75-/m1/s1. The fourth-order valence-corrected chi connectivity index (χ4v) is 14.6. The Labute approximate surface area is 800 Å². The number of carbonyl (C=O) groups excluding carboxylic acids is 14. The number of ketones is 4. The Kier molecular flexibility index (Phi) is 55.2. The molecule has 4 rings (SSSR count). The molecule has 1 aromatic carbocycles. The van der Waals surface area contributed by atoms with E-state index in [0.29, 0.717) is 49.4 Å². The molecule has 29 N–H and O–H groups in total. The molecule has 0 aliphatic carbocycles. The van der Waals surface area contributed by atoms with Crippen LogP contribution in [0.5, 0.6) is 0 Å². The third-order valence-corrected chi connectivity index (χ3v) is 23.2. The number of H-pyrrole nitrogens is 1. The molecule has 780 valence electrons. The molecule has 1 saturated heterocycles. The first kappa shape index (κ1) is 120. The number of likely N-dealkylation sites (tertiary alicyclic amines) is 1. The lowest BCUT2D eigenvalue weighted by Gasteiger charge is -2.26. The van der Waals surface area contributed by atoms with Crippen LogP contribution in [0.3, 0.4) is 0 Å². The van der Waals surface area contributed by atoms with Crippen LogP contribution in [0.25, 0.3) is 11.2 Å². The summed E-state index contributed by atoms with van der Waals surface area (Å²) in [7, 11) is 0. The van der Waals surface area contributed by atoms with Crippen LogP contribution in [-0.4, -0.2) is 420 Å². The molecule has 20 atom stereocenters. The number of nitrogen functional groups attached to an aromatic ring is 1. The average Bonchev–Trinajstić information content (AvgIpc) is 1.81. The summed E-state index contributed by atoms with van der Waals surface area (Å²) < 4.78 is 21.5. The van der Waals surface area contributed by atoms with Gasteiger partial charge in [-0.2, -0.15) is 4.98 Å². The van der Waals surface area contributed by atoms with Gasteiger partial charge >= 0.3 is 11.9 Å². The van der Waals surface area contributed by atoms with Crippen LogP contribution in [0.15, 0.2) is 35.3 Å². The molecule has 0 spiro atoms. The first-order chi connectivity index (χ1) is 65.9. The molecule has 1 fully saturated rings. The van der Waals surface area contributed by atoms with Crippen molar-refractivity contribution in [2.24, 2.45) is 17.8 Å². The summed E-state index contributed by atoms with van der Waals surface area (Å²) in [6.07, 6.45) is -32.6. The van der Waals surface area contributed by atoms with Gasteiger partial charge in [0.2, 0.25) is 59.1 Å². The number of carbonyl (C=O) groups is 16. The van der Waals surface area contributed by atoms with Crippen LogP contribution >= 0.6 is 11.8 Å². The Bertz CT molecular complexity index is 4550. The van der Waals surface area contributed by atoms with Crippen LogP contribution in [0.1, 0.15) is 140 Å². The van der Waals surface area contributed by atoms with Crippen molar-refractivity contribution in [3.05, 3.63) is 52.1 Å².